The number of carbonyl (C=O) groups is 1. The number of benzene rings is 2. The second-order valence-corrected chi connectivity index (χ2v) is 8.15. The number of nitrogens with one attached hydrogen (secondary N) is 1. The summed E-state index contributed by atoms with van der Waals surface area (Å²) in [5.41, 5.74) is 2.63. The van der Waals surface area contributed by atoms with Crippen LogP contribution in [0.4, 0.5) is 5.95 Å². The molecule has 8 heteroatoms. The van der Waals surface area contributed by atoms with Gasteiger partial charge in [-0.25, -0.2) is 9.97 Å². The van der Waals surface area contributed by atoms with E-state index in [-0.39, 0.29) is 11.8 Å². The van der Waals surface area contributed by atoms with Crippen molar-refractivity contribution in [2.45, 2.75) is 26.3 Å². The molecule has 3 aromatic rings. The lowest BCUT2D eigenvalue weighted by atomic mass is 9.97. The molecule has 2 aromatic carbocycles. The first kappa shape index (κ1) is 22.6. The summed E-state index contributed by atoms with van der Waals surface area (Å²) in [6.45, 7) is 3.76. The van der Waals surface area contributed by atoms with Gasteiger partial charge < -0.3 is 24.4 Å². The number of aryl methyl sites for hydroxylation is 1. The Balaban J connectivity index is 1.47. The van der Waals surface area contributed by atoms with Crippen LogP contribution in [-0.2, 0) is 11.3 Å². The molecule has 8 nitrogen and oxygen atoms in total. The second kappa shape index (κ2) is 9.94. The van der Waals surface area contributed by atoms with E-state index >= 15 is 0 Å². The summed E-state index contributed by atoms with van der Waals surface area (Å²) < 4.78 is 16.2. The number of amides is 1. The van der Waals surface area contributed by atoms with Crippen molar-refractivity contribution in [1.82, 2.24) is 15.3 Å². The van der Waals surface area contributed by atoms with Crippen LogP contribution in [0.2, 0.25) is 0 Å². The number of rotatable bonds is 7. The molecule has 0 spiro atoms. The number of anilines is 1. The molecule has 174 valence electrons. The smallest absolute Gasteiger partial charge is 0.226 e. The third kappa shape index (κ3) is 4.79. The Morgan fingerprint density at radius 2 is 1.97 bits per heavy atom. The first-order valence-corrected chi connectivity index (χ1v) is 11.1. The van der Waals surface area contributed by atoms with Gasteiger partial charge in [0.05, 0.1) is 38.5 Å². The largest absolute Gasteiger partial charge is 0.497 e. The van der Waals surface area contributed by atoms with Crippen molar-refractivity contribution in [3.63, 3.8) is 0 Å². The fourth-order valence-electron chi connectivity index (χ4n) is 4.31. The van der Waals surface area contributed by atoms with Gasteiger partial charge in [0.2, 0.25) is 11.9 Å². The molecule has 1 aromatic heterocycles. The Kier molecular flexibility index (Phi) is 6.82. The molecule has 0 radical (unpaired) electrons. The summed E-state index contributed by atoms with van der Waals surface area (Å²) in [6.07, 6.45) is 1.73. The highest BCUT2D eigenvalue weighted by Crippen LogP contribution is 2.31. The van der Waals surface area contributed by atoms with Crippen LogP contribution in [0.25, 0.3) is 10.9 Å². The van der Waals surface area contributed by atoms with Gasteiger partial charge in [-0.05, 0) is 38.0 Å². The standard InChI is InChI=1S/C25H30N4O4/c1-16-20-11-10-19(31-2)13-21(20)28-25(27-16)29-12-6-8-18(15-29)24(30)26-14-17-7-5-9-22(32-3)23(17)33-4/h5,7,9-11,13,18H,6,8,12,14-15H2,1-4H3,(H,26,30)/t18-/m0/s1. The van der Waals surface area contributed by atoms with Crippen molar-refractivity contribution in [1.29, 1.82) is 0 Å². The molecule has 1 fully saturated rings. The summed E-state index contributed by atoms with van der Waals surface area (Å²) in [6, 6.07) is 11.5. The number of hydrogen-bond donors (Lipinski definition) is 1. The maximum absolute atomic E-state index is 13.0. The van der Waals surface area contributed by atoms with Crippen LogP contribution in [0.5, 0.6) is 17.2 Å². The lowest BCUT2D eigenvalue weighted by Crippen LogP contribution is -2.43. The molecule has 1 saturated heterocycles. The fraction of sp³-hybridized carbons (Fsp3) is 0.400. The summed E-state index contributed by atoms with van der Waals surface area (Å²) in [5.74, 6) is 2.58. The number of fused-ring (bicyclic) bond motifs is 1. The molecule has 2 heterocycles. The van der Waals surface area contributed by atoms with Gasteiger partial charge in [0.25, 0.3) is 0 Å². The number of ether oxygens (including phenoxy) is 3. The third-order valence-corrected chi connectivity index (χ3v) is 6.10. The van der Waals surface area contributed by atoms with Gasteiger partial charge in [0.1, 0.15) is 5.75 Å². The highest BCUT2D eigenvalue weighted by molar-refractivity contribution is 5.83. The minimum Gasteiger partial charge on any atom is -0.497 e. The average Bonchev–Trinajstić information content (AvgIpc) is 2.86. The summed E-state index contributed by atoms with van der Waals surface area (Å²) in [5, 5.41) is 4.06. The number of methoxy groups -OCH3 is 3. The predicted octanol–water partition coefficient (Wildman–Crippen LogP) is 3.50. The van der Waals surface area contributed by atoms with E-state index in [9.17, 15) is 4.79 Å². The summed E-state index contributed by atoms with van der Waals surface area (Å²) in [7, 11) is 4.85. The molecular formula is C25H30N4O4. The molecule has 1 amide bonds. The molecule has 1 N–H and O–H groups in total. The lowest BCUT2D eigenvalue weighted by Gasteiger charge is -2.32. The van der Waals surface area contributed by atoms with Crippen molar-refractivity contribution >= 4 is 22.8 Å². The minimum absolute atomic E-state index is 0.0174. The SMILES string of the molecule is COc1ccc2c(C)nc(N3CCC[C@H](C(=O)NCc4cccc(OC)c4OC)C3)nc2c1. The quantitative estimate of drug-likeness (QED) is 0.590. The van der Waals surface area contributed by atoms with E-state index in [2.05, 4.69) is 10.2 Å². The Morgan fingerprint density at radius 3 is 2.73 bits per heavy atom. The van der Waals surface area contributed by atoms with Crippen molar-refractivity contribution in [3.8, 4) is 17.2 Å². The zero-order chi connectivity index (χ0) is 23.4. The average molecular weight is 451 g/mol. The second-order valence-electron chi connectivity index (χ2n) is 8.15. The van der Waals surface area contributed by atoms with E-state index in [1.54, 1.807) is 21.3 Å². The number of aromatic nitrogens is 2. The number of para-hydroxylation sites is 1. The molecule has 1 atom stereocenters. The van der Waals surface area contributed by atoms with Gasteiger partial charge in [-0.15, -0.1) is 0 Å². The van der Waals surface area contributed by atoms with E-state index in [1.165, 1.54) is 0 Å². The fourth-order valence-corrected chi connectivity index (χ4v) is 4.31. The molecule has 1 aliphatic rings. The number of hydrogen-bond acceptors (Lipinski definition) is 7. The number of nitrogens with zero attached hydrogens (tertiary/aromatic N) is 3. The van der Waals surface area contributed by atoms with Gasteiger partial charge in [0.15, 0.2) is 11.5 Å². The first-order valence-electron chi connectivity index (χ1n) is 11.1. The van der Waals surface area contributed by atoms with Crippen molar-refractivity contribution in [2.75, 3.05) is 39.3 Å². The van der Waals surface area contributed by atoms with Crippen molar-refractivity contribution in [2.24, 2.45) is 5.92 Å². The van der Waals surface area contributed by atoms with E-state index in [0.29, 0.717) is 30.5 Å². The van der Waals surface area contributed by atoms with Gasteiger partial charge in [-0.3, -0.25) is 4.79 Å². The monoisotopic (exact) mass is 450 g/mol. The number of piperidine rings is 1. The first-order chi connectivity index (χ1) is 16.0. The predicted molar refractivity (Wildman–Crippen MR) is 127 cm³/mol. The van der Waals surface area contributed by atoms with Crippen LogP contribution < -0.4 is 24.4 Å². The van der Waals surface area contributed by atoms with E-state index in [0.717, 1.165) is 47.3 Å². The topological polar surface area (TPSA) is 85.8 Å². The van der Waals surface area contributed by atoms with Crippen LogP contribution in [0.1, 0.15) is 24.1 Å². The molecule has 0 saturated carbocycles. The third-order valence-electron chi connectivity index (χ3n) is 6.10. The van der Waals surface area contributed by atoms with E-state index < -0.39 is 0 Å². The van der Waals surface area contributed by atoms with Gasteiger partial charge in [0, 0.05) is 36.7 Å². The minimum atomic E-state index is -0.139. The van der Waals surface area contributed by atoms with Crippen LogP contribution in [-0.4, -0.2) is 50.3 Å². The maximum Gasteiger partial charge on any atom is 0.226 e. The molecule has 0 aliphatic carbocycles. The molecular weight excluding hydrogens is 420 g/mol. The zero-order valence-corrected chi connectivity index (χ0v) is 19.6. The molecule has 0 unspecified atom stereocenters. The van der Waals surface area contributed by atoms with E-state index in [4.69, 9.17) is 24.2 Å². The highest BCUT2D eigenvalue weighted by Gasteiger charge is 2.27. The van der Waals surface area contributed by atoms with Crippen molar-refractivity contribution < 1.29 is 19.0 Å². The Bertz CT molecular complexity index is 1150. The maximum atomic E-state index is 13.0. The van der Waals surface area contributed by atoms with E-state index in [1.807, 2.05) is 43.3 Å². The van der Waals surface area contributed by atoms with Crippen molar-refractivity contribution in [3.05, 3.63) is 47.7 Å². The van der Waals surface area contributed by atoms with Crippen LogP contribution >= 0.6 is 0 Å². The lowest BCUT2D eigenvalue weighted by molar-refractivity contribution is -0.125. The Labute approximate surface area is 193 Å². The number of carbonyl (C=O) groups excluding carboxylic acids is 1. The summed E-state index contributed by atoms with van der Waals surface area (Å²) in [4.78, 5) is 24.6. The molecule has 4 rings (SSSR count). The van der Waals surface area contributed by atoms with Gasteiger partial charge in [-0.2, -0.15) is 0 Å². The highest BCUT2D eigenvalue weighted by atomic mass is 16.5. The van der Waals surface area contributed by atoms with Crippen LogP contribution in [0.3, 0.4) is 0 Å². The molecule has 1 aliphatic heterocycles. The van der Waals surface area contributed by atoms with Gasteiger partial charge in [-0.1, -0.05) is 12.1 Å². The van der Waals surface area contributed by atoms with Crippen LogP contribution in [0.15, 0.2) is 36.4 Å². The normalized spacial score (nSPS) is 15.9. The molecule has 0 bridgehead atoms. The van der Waals surface area contributed by atoms with Gasteiger partial charge >= 0.3 is 0 Å². The molecule has 33 heavy (non-hydrogen) atoms. The summed E-state index contributed by atoms with van der Waals surface area (Å²) >= 11 is 0. The Hall–Kier alpha value is -3.55. The zero-order valence-electron chi connectivity index (χ0n) is 19.6. The Morgan fingerprint density at radius 1 is 1.12 bits per heavy atom. The van der Waals surface area contributed by atoms with Crippen LogP contribution in [0, 0.1) is 12.8 Å².